The molecule has 18 heteroatoms. The van der Waals surface area contributed by atoms with Crippen molar-refractivity contribution < 1.29 is 53.2 Å². The first-order chi connectivity index (χ1) is 24.4. The van der Waals surface area contributed by atoms with Gasteiger partial charge in [-0.15, -0.1) is 11.8 Å². The highest BCUT2D eigenvalue weighted by Crippen LogP contribution is 2.41. The average Bonchev–Trinajstić information content (AvgIpc) is 3.12. The molecule has 0 aliphatic carbocycles. The summed E-state index contributed by atoms with van der Waals surface area (Å²) in [7, 11) is 0. The molecule has 3 aliphatic heterocycles. The molecule has 2 saturated heterocycles. The Bertz CT molecular complexity index is 2020. The molecule has 6 rings (SSSR count). The molecule has 0 bridgehead atoms. The Labute approximate surface area is 292 Å². The summed E-state index contributed by atoms with van der Waals surface area (Å²) in [6, 6.07) is 9.58. The number of nitrogens with one attached hydrogen (secondary N) is 1. The first-order valence-corrected chi connectivity index (χ1v) is 16.8. The number of ether oxygens (including phenoxy) is 2. The number of aromatic nitrogens is 1. The number of thioether (sulfide) groups is 1. The number of benzene rings is 2. The number of hydrogen-bond donors (Lipinski definition) is 4. The van der Waals surface area contributed by atoms with Crippen LogP contribution in [-0.2, 0) is 25.6 Å². The Balaban J connectivity index is 1.09. The molecular formula is C33H32FN5O11S. The van der Waals surface area contributed by atoms with Crippen molar-refractivity contribution in [2.24, 2.45) is 0 Å². The molecule has 0 saturated carbocycles. The Morgan fingerprint density at radius 3 is 2.41 bits per heavy atom. The van der Waals surface area contributed by atoms with Crippen molar-refractivity contribution in [3.63, 3.8) is 0 Å². The van der Waals surface area contributed by atoms with Crippen molar-refractivity contribution in [1.29, 1.82) is 0 Å². The summed E-state index contributed by atoms with van der Waals surface area (Å²) in [4.78, 5) is 78.7. The monoisotopic (exact) mass is 725 g/mol. The van der Waals surface area contributed by atoms with Gasteiger partial charge in [0.25, 0.3) is 11.8 Å². The van der Waals surface area contributed by atoms with Gasteiger partial charge in [-0.25, -0.2) is 18.8 Å². The molecule has 2 aromatic carbocycles. The van der Waals surface area contributed by atoms with E-state index in [1.165, 1.54) is 28.9 Å². The van der Waals surface area contributed by atoms with Crippen molar-refractivity contribution in [2.45, 2.75) is 31.0 Å². The third-order valence-electron chi connectivity index (χ3n) is 8.81. The number of carboxylic acids is 1. The number of hydrogen-bond acceptors (Lipinski definition) is 11. The van der Waals surface area contributed by atoms with Crippen LogP contribution in [0.1, 0.15) is 28.9 Å². The fraction of sp³-hybridized carbons (Fsp3) is 0.333. The van der Waals surface area contributed by atoms with Gasteiger partial charge in [0.05, 0.1) is 11.2 Å². The third kappa shape index (κ3) is 6.79. The minimum absolute atomic E-state index is 0.0602. The first-order valence-electron chi connectivity index (χ1n) is 15.8. The number of aromatic carboxylic acids is 1. The first kappa shape index (κ1) is 35.2. The Morgan fingerprint density at radius 2 is 1.76 bits per heavy atom. The summed E-state index contributed by atoms with van der Waals surface area (Å²) in [5.74, 6) is -3.82. The van der Waals surface area contributed by atoms with E-state index in [1.807, 2.05) is 0 Å². The van der Waals surface area contributed by atoms with E-state index in [0.29, 0.717) is 17.6 Å². The smallest absolute Gasteiger partial charge is 0.477 e. The maximum absolute atomic E-state index is 15.3. The summed E-state index contributed by atoms with van der Waals surface area (Å²) in [6.45, 7) is 2.34. The maximum Gasteiger partial charge on any atom is 0.512 e. The minimum atomic E-state index is -1.70. The van der Waals surface area contributed by atoms with Crippen LogP contribution in [0.25, 0.3) is 10.9 Å². The lowest BCUT2D eigenvalue weighted by Gasteiger charge is -2.49. The van der Waals surface area contributed by atoms with Crippen molar-refractivity contribution >= 4 is 58.4 Å². The number of aryl methyl sites for hydroxylation is 1. The lowest BCUT2D eigenvalue weighted by atomic mass is 10.0. The van der Waals surface area contributed by atoms with E-state index in [-0.39, 0.29) is 54.5 Å². The van der Waals surface area contributed by atoms with E-state index in [0.717, 1.165) is 11.0 Å². The number of nitrogens with zero attached hydrogens (tertiary/aromatic N) is 4. The lowest BCUT2D eigenvalue weighted by molar-refractivity contribution is -0.150. The Morgan fingerprint density at radius 1 is 1.06 bits per heavy atom. The summed E-state index contributed by atoms with van der Waals surface area (Å²) < 4.78 is 27.2. The number of pyridine rings is 1. The van der Waals surface area contributed by atoms with E-state index < -0.39 is 71.0 Å². The summed E-state index contributed by atoms with van der Waals surface area (Å²) >= 11 is 1.19. The molecule has 51 heavy (non-hydrogen) atoms. The molecule has 4 heterocycles. The zero-order valence-corrected chi connectivity index (χ0v) is 27.8. The normalized spacial score (nSPS) is 19.3. The minimum Gasteiger partial charge on any atom is -0.477 e. The SMILES string of the molecule is CCn1cc(C(=O)O)c(=O)c2cc(F)c(N3CCN(C(=O)OCC4=C(OC(=O)O)N5C(=O)[C@@H](NC(=O)C(O)c6ccccc6)[C@H]5SC4)CC3)cc21. The zero-order valence-electron chi connectivity index (χ0n) is 27.0. The molecule has 0 radical (unpaired) electrons. The standard InChI is InChI=1S/C33H32FN5O11S/c1-2-36-14-20(31(44)45)26(41)19-12-21(34)23(13-22(19)36)37-8-10-38(11-9-37)32(46)49-15-18-16-51-30-24(28(43)39(30)29(18)50-33(47)48)35-27(42)25(40)17-6-4-3-5-7-17/h3-7,12-14,24-25,30,40H,2,8-11,15-16H2,1H3,(H,35,42)(H,44,45)(H,47,48)/t24-,25?,30-/m1/s1. The van der Waals surface area contributed by atoms with Gasteiger partial charge in [-0.05, 0) is 24.6 Å². The van der Waals surface area contributed by atoms with Crippen LogP contribution < -0.4 is 15.6 Å². The van der Waals surface area contributed by atoms with Crippen molar-refractivity contribution in [1.82, 2.24) is 19.7 Å². The zero-order chi connectivity index (χ0) is 36.6. The molecule has 3 atom stereocenters. The molecule has 3 amide bonds. The largest absolute Gasteiger partial charge is 0.512 e. The van der Waals surface area contributed by atoms with Gasteiger partial charge in [0, 0.05) is 55.6 Å². The number of piperazine rings is 1. The molecular weight excluding hydrogens is 693 g/mol. The Hall–Kier alpha value is -5.62. The van der Waals surface area contributed by atoms with E-state index in [4.69, 9.17) is 9.47 Å². The van der Waals surface area contributed by atoms with Crippen LogP contribution in [0.15, 0.2) is 64.9 Å². The molecule has 2 fully saturated rings. The quantitative estimate of drug-likeness (QED) is 0.185. The summed E-state index contributed by atoms with van der Waals surface area (Å²) in [5.41, 5.74) is -0.167. The lowest BCUT2D eigenvalue weighted by Crippen LogP contribution is -2.70. The second kappa shape index (κ2) is 14.3. The summed E-state index contributed by atoms with van der Waals surface area (Å²) in [6.07, 6.45) is -2.74. The number of β-lactam (4-membered cyclic amide) rings is 1. The van der Waals surface area contributed by atoms with Gasteiger partial charge in [-0.3, -0.25) is 19.3 Å². The fourth-order valence-corrected chi connectivity index (χ4v) is 7.46. The van der Waals surface area contributed by atoms with Crippen LogP contribution in [0.2, 0.25) is 0 Å². The van der Waals surface area contributed by atoms with Crippen LogP contribution in [-0.4, -0.2) is 110 Å². The van der Waals surface area contributed by atoms with Crippen molar-refractivity contribution in [3.8, 4) is 0 Å². The number of rotatable bonds is 9. The van der Waals surface area contributed by atoms with Crippen LogP contribution >= 0.6 is 11.8 Å². The van der Waals surface area contributed by atoms with E-state index >= 15 is 4.39 Å². The molecule has 0 spiro atoms. The number of fused-ring (bicyclic) bond motifs is 2. The van der Waals surface area contributed by atoms with Gasteiger partial charge >= 0.3 is 18.2 Å². The predicted octanol–water partition coefficient (Wildman–Crippen LogP) is 2.16. The van der Waals surface area contributed by atoms with Gasteiger partial charge in [-0.2, -0.15) is 0 Å². The van der Waals surface area contributed by atoms with E-state index in [2.05, 4.69) is 5.32 Å². The number of carbonyl (C=O) groups is 5. The maximum atomic E-state index is 15.3. The highest BCUT2D eigenvalue weighted by Gasteiger charge is 2.54. The number of amides is 3. The molecule has 16 nitrogen and oxygen atoms in total. The molecule has 1 unspecified atom stereocenters. The molecule has 3 aliphatic rings. The topological polar surface area (TPSA) is 208 Å². The Kier molecular flexibility index (Phi) is 9.88. The average molecular weight is 726 g/mol. The van der Waals surface area contributed by atoms with Gasteiger partial charge in [0.1, 0.15) is 29.4 Å². The van der Waals surface area contributed by atoms with Crippen LogP contribution in [0.4, 0.5) is 19.7 Å². The van der Waals surface area contributed by atoms with Crippen LogP contribution in [0.3, 0.4) is 0 Å². The summed E-state index contributed by atoms with van der Waals surface area (Å²) in [5, 5.41) is 30.9. The fourth-order valence-electron chi connectivity index (χ4n) is 6.15. The second-order valence-electron chi connectivity index (χ2n) is 11.8. The number of carboxylic acid groups (broad SMARTS) is 2. The predicted molar refractivity (Wildman–Crippen MR) is 178 cm³/mol. The van der Waals surface area contributed by atoms with Gasteiger partial charge in [0.2, 0.25) is 11.3 Å². The number of anilines is 1. The highest BCUT2D eigenvalue weighted by molar-refractivity contribution is 8.00. The number of carbonyl (C=O) groups excluding carboxylic acids is 3. The van der Waals surface area contributed by atoms with Crippen LogP contribution in [0, 0.1) is 5.82 Å². The molecule has 3 aromatic rings. The van der Waals surface area contributed by atoms with Gasteiger partial charge in [-0.1, -0.05) is 30.3 Å². The third-order valence-corrected chi connectivity index (χ3v) is 10.1. The second-order valence-corrected chi connectivity index (χ2v) is 12.9. The number of aliphatic hydroxyl groups excluding tert-OH is 1. The molecule has 4 N–H and O–H groups in total. The van der Waals surface area contributed by atoms with Crippen molar-refractivity contribution in [2.75, 3.05) is 43.4 Å². The van der Waals surface area contributed by atoms with Gasteiger partial charge in [0.15, 0.2) is 6.10 Å². The van der Waals surface area contributed by atoms with Gasteiger partial charge < -0.3 is 44.5 Å². The van der Waals surface area contributed by atoms with Crippen LogP contribution in [0.5, 0.6) is 0 Å². The number of aliphatic hydroxyl groups is 1. The molecule has 268 valence electrons. The van der Waals surface area contributed by atoms with Crippen molar-refractivity contribution in [3.05, 3.63) is 87.3 Å². The molecule has 1 aromatic heterocycles. The van der Waals surface area contributed by atoms with E-state index in [9.17, 15) is 44.1 Å². The highest BCUT2D eigenvalue weighted by atomic mass is 32.2. The number of halogens is 1. The van der Waals surface area contributed by atoms with E-state index in [1.54, 1.807) is 46.7 Å².